The molecule has 2 nitrogen and oxygen atoms in total. The first-order valence-electron chi connectivity index (χ1n) is 7.58. The number of benzene rings is 1. The number of ether oxygens (including phenoxy) is 1. The van der Waals surface area contributed by atoms with Gasteiger partial charge in [0.15, 0.2) is 0 Å². The van der Waals surface area contributed by atoms with Crippen molar-refractivity contribution in [3.8, 4) is 5.75 Å². The van der Waals surface area contributed by atoms with Gasteiger partial charge in [-0.05, 0) is 43.5 Å². The number of aryl methyl sites for hydroxylation is 1. The minimum Gasteiger partial charge on any atom is -0.496 e. The van der Waals surface area contributed by atoms with Crippen LogP contribution in [0.25, 0.3) is 0 Å². The maximum absolute atomic E-state index is 5.72. The molecule has 1 unspecified atom stereocenters. The predicted octanol–water partition coefficient (Wildman–Crippen LogP) is 5.16. The van der Waals surface area contributed by atoms with Gasteiger partial charge in [0.2, 0.25) is 0 Å². The Hall–Kier alpha value is -0.540. The number of halogens is 1. The third-order valence-electron chi connectivity index (χ3n) is 4.17. The summed E-state index contributed by atoms with van der Waals surface area (Å²) in [5.74, 6) is 1.65. The molecule has 0 saturated heterocycles. The van der Waals surface area contributed by atoms with Crippen molar-refractivity contribution in [2.45, 2.75) is 53.5 Å². The van der Waals surface area contributed by atoms with Crippen LogP contribution in [0.5, 0.6) is 5.75 Å². The van der Waals surface area contributed by atoms with Crippen molar-refractivity contribution in [3.05, 3.63) is 27.2 Å². The summed E-state index contributed by atoms with van der Waals surface area (Å²) in [7, 11) is 1.77. The lowest BCUT2D eigenvalue weighted by atomic mass is 9.85. The molecule has 1 N–H and O–H groups in total. The highest BCUT2D eigenvalue weighted by molar-refractivity contribution is 9.10. The van der Waals surface area contributed by atoms with E-state index < -0.39 is 0 Å². The van der Waals surface area contributed by atoms with Gasteiger partial charge in [-0.15, -0.1) is 0 Å². The van der Waals surface area contributed by atoms with Crippen LogP contribution in [0.1, 0.15) is 56.3 Å². The zero-order valence-electron chi connectivity index (χ0n) is 13.6. The molecule has 1 atom stereocenters. The maximum Gasteiger partial charge on any atom is 0.126 e. The second kappa shape index (κ2) is 8.04. The Balaban J connectivity index is 3.45. The van der Waals surface area contributed by atoms with E-state index in [1.54, 1.807) is 7.11 Å². The van der Waals surface area contributed by atoms with E-state index in [-0.39, 0.29) is 0 Å². The van der Waals surface area contributed by atoms with Crippen molar-refractivity contribution >= 4 is 15.9 Å². The largest absolute Gasteiger partial charge is 0.496 e. The minimum atomic E-state index is 0.348. The van der Waals surface area contributed by atoms with Crippen LogP contribution >= 0.6 is 15.9 Å². The van der Waals surface area contributed by atoms with Gasteiger partial charge in [0.25, 0.3) is 0 Å². The molecule has 0 saturated carbocycles. The van der Waals surface area contributed by atoms with Crippen molar-refractivity contribution in [3.63, 3.8) is 0 Å². The Morgan fingerprint density at radius 2 is 1.80 bits per heavy atom. The lowest BCUT2D eigenvalue weighted by Crippen LogP contribution is -2.29. The summed E-state index contributed by atoms with van der Waals surface area (Å²) in [6.07, 6.45) is 2.34. The van der Waals surface area contributed by atoms with E-state index in [9.17, 15) is 0 Å². The van der Waals surface area contributed by atoms with Crippen molar-refractivity contribution in [1.82, 2.24) is 5.32 Å². The molecule has 0 aliphatic heterocycles. The van der Waals surface area contributed by atoms with Gasteiger partial charge in [-0.1, -0.05) is 49.5 Å². The molecule has 0 amide bonds. The van der Waals surface area contributed by atoms with Crippen LogP contribution in [0.2, 0.25) is 0 Å². The fraction of sp³-hybridized carbons (Fsp3) is 0.647. The number of hydrogen-bond acceptors (Lipinski definition) is 2. The summed E-state index contributed by atoms with van der Waals surface area (Å²) in [5.41, 5.74) is 3.79. The van der Waals surface area contributed by atoms with Gasteiger partial charge in [0, 0.05) is 16.1 Å². The molecule has 1 rings (SSSR count). The van der Waals surface area contributed by atoms with Gasteiger partial charge in [-0.25, -0.2) is 0 Å². The van der Waals surface area contributed by atoms with E-state index in [2.05, 4.69) is 61.9 Å². The SMILES string of the molecule is CCNC(c1c(C)c(Br)cc(C)c1OC)C(CC)CC. The standard InChI is InChI=1S/C17H28BrNO/c1-7-13(8-2)16(19-9-3)15-12(5)14(18)10-11(4)17(15)20-6/h10,13,16,19H,7-9H2,1-6H3. The van der Waals surface area contributed by atoms with Crippen molar-refractivity contribution in [1.29, 1.82) is 0 Å². The van der Waals surface area contributed by atoms with Crippen LogP contribution in [-0.4, -0.2) is 13.7 Å². The Morgan fingerprint density at radius 3 is 2.25 bits per heavy atom. The highest BCUT2D eigenvalue weighted by Crippen LogP contribution is 2.40. The molecule has 0 fully saturated rings. The number of hydrogen-bond donors (Lipinski definition) is 1. The van der Waals surface area contributed by atoms with E-state index in [4.69, 9.17) is 4.74 Å². The molecule has 114 valence electrons. The van der Waals surface area contributed by atoms with Gasteiger partial charge in [-0.2, -0.15) is 0 Å². The number of rotatable bonds is 7. The molecule has 0 bridgehead atoms. The van der Waals surface area contributed by atoms with Gasteiger partial charge >= 0.3 is 0 Å². The van der Waals surface area contributed by atoms with Crippen LogP contribution in [0.15, 0.2) is 10.5 Å². The monoisotopic (exact) mass is 341 g/mol. The van der Waals surface area contributed by atoms with E-state index in [0.29, 0.717) is 12.0 Å². The van der Waals surface area contributed by atoms with Crippen LogP contribution in [0.3, 0.4) is 0 Å². The Morgan fingerprint density at radius 1 is 1.20 bits per heavy atom. The summed E-state index contributed by atoms with van der Waals surface area (Å²) in [6, 6.07) is 2.49. The third-order valence-corrected chi connectivity index (χ3v) is 4.99. The number of nitrogens with one attached hydrogen (secondary N) is 1. The smallest absolute Gasteiger partial charge is 0.126 e. The highest BCUT2D eigenvalue weighted by Gasteiger charge is 2.26. The summed E-state index contributed by atoms with van der Waals surface area (Å²) in [5, 5.41) is 3.67. The minimum absolute atomic E-state index is 0.348. The quantitative estimate of drug-likeness (QED) is 0.739. The molecule has 0 radical (unpaired) electrons. The average molecular weight is 342 g/mol. The van der Waals surface area contributed by atoms with Crippen molar-refractivity contribution in [2.75, 3.05) is 13.7 Å². The van der Waals surface area contributed by atoms with Gasteiger partial charge < -0.3 is 10.1 Å². The summed E-state index contributed by atoms with van der Waals surface area (Å²) < 4.78 is 6.88. The molecule has 0 spiro atoms. The first kappa shape index (κ1) is 17.5. The molecule has 1 aromatic carbocycles. The average Bonchev–Trinajstić information content (AvgIpc) is 2.43. The molecule has 0 aromatic heterocycles. The Bertz CT molecular complexity index is 441. The van der Waals surface area contributed by atoms with Gasteiger partial charge in [-0.3, -0.25) is 0 Å². The molecule has 0 heterocycles. The first-order chi connectivity index (χ1) is 9.51. The van der Waals surface area contributed by atoms with Crippen LogP contribution < -0.4 is 10.1 Å². The van der Waals surface area contributed by atoms with E-state index in [1.807, 2.05) is 0 Å². The first-order valence-corrected chi connectivity index (χ1v) is 8.37. The summed E-state index contributed by atoms with van der Waals surface area (Å²) in [4.78, 5) is 0. The fourth-order valence-electron chi connectivity index (χ4n) is 3.01. The van der Waals surface area contributed by atoms with E-state index in [1.165, 1.54) is 34.0 Å². The van der Waals surface area contributed by atoms with Crippen molar-refractivity contribution in [2.24, 2.45) is 5.92 Å². The topological polar surface area (TPSA) is 21.3 Å². The molecule has 20 heavy (non-hydrogen) atoms. The van der Waals surface area contributed by atoms with Gasteiger partial charge in [0.1, 0.15) is 5.75 Å². The highest BCUT2D eigenvalue weighted by atomic mass is 79.9. The Labute approximate surface area is 132 Å². The normalized spacial score (nSPS) is 12.8. The molecular formula is C17H28BrNO. The Kier molecular flexibility index (Phi) is 7.04. The van der Waals surface area contributed by atoms with E-state index in [0.717, 1.165) is 12.3 Å². The maximum atomic E-state index is 5.72. The molecule has 3 heteroatoms. The van der Waals surface area contributed by atoms with Crippen LogP contribution in [-0.2, 0) is 0 Å². The molecule has 0 aliphatic rings. The lowest BCUT2D eigenvalue weighted by molar-refractivity contribution is 0.327. The lowest BCUT2D eigenvalue weighted by Gasteiger charge is -2.30. The second-order valence-electron chi connectivity index (χ2n) is 5.36. The second-order valence-corrected chi connectivity index (χ2v) is 6.21. The zero-order valence-corrected chi connectivity index (χ0v) is 15.2. The van der Waals surface area contributed by atoms with Crippen molar-refractivity contribution < 1.29 is 4.74 Å². The van der Waals surface area contributed by atoms with Crippen LogP contribution in [0, 0.1) is 19.8 Å². The fourth-order valence-corrected chi connectivity index (χ4v) is 3.56. The summed E-state index contributed by atoms with van der Waals surface area (Å²) >= 11 is 3.69. The molecule has 0 aliphatic carbocycles. The van der Waals surface area contributed by atoms with Crippen LogP contribution in [0.4, 0.5) is 0 Å². The predicted molar refractivity (Wildman–Crippen MR) is 90.7 cm³/mol. The zero-order chi connectivity index (χ0) is 15.3. The molecular weight excluding hydrogens is 314 g/mol. The number of methoxy groups -OCH3 is 1. The van der Waals surface area contributed by atoms with Gasteiger partial charge in [0.05, 0.1) is 7.11 Å². The third kappa shape index (κ3) is 3.56. The summed E-state index contributed by atoms with van der Waals surface area (Å²) in [6.45, 7) is 12.0. The van der Waals surface area contributed by atoms with E-state index >= 15 is 0 Å². The molecule has 1 aromatic rings.